The maximum Gasteiger partial charge on any atom is 0.253 e. The van der Waals surface area contributed by atoms with Gasteiger partial charge >= 0.3 is 0 Å². The molecule has 0 unspecified atom stereocenters. The number of rotatable bonds is 4. The zero-order valence-corrected chi connectivity index (χ0v) is 16.5. The van der Waals surface area contributed by atoms with Gasteiger partial charge in [-0.05, 0) is 68.3 Å². The molecule has 1 N–H and O–H groups in total. The molecule has 2 aromatic carbocycles. The molecule has 0 saturated carbocycles. The van der Waals surface area contributed by atoms with Crippen LogP contribution in [0.5, 0.6) is 0 Å². The minimum absolute atomic E-state index is 0.0626. The highest BCUT2D eigenvalue weighted by Crippen LogP contribution is 2.16. The van der Waals surface area contributed by atoms with Crippen molar-refractivity contribution in [1.29, 1.82) is 0 Å². The summed E-state index contributed by atoms with van der Waals surface area (Å²) in [5.74, 6) is 0.00254. The Morgan fingerprint density at radius 3 is 2.07 bits per heavy atom. The highest BCUT2D eigenvalue weighted by molar-refractivity contribution is 5.95. The van der Waals surface area contributed by atoms with Crippen LogP contribution in [-0.4, -0.2) is 40.4 Å². The second-order valence-electron chi connectivity index (χ2n) is 7.54. The van der Waals surface area contributed by atoms with Crippen molar-refractivity contribution in [3.05, 3.63) is 89.7 Å². The van der Waals surface area contributed by atoms with E-state index in [-0.39, 0.29) is 17.9 Å². The van der Waals surface area contributed by atoms with E-state index in [4.69, 9.17) is 0 Å². The van der Waals surface area contributed by atoms with Crippen LogP contribution in [0.15, 0.2) is 73.1 Å². The molecule has 1 saturated heterocycles. The van der Waals surface area contributed by atoms with Crippen molar-refractivity contribution in [2.75, 3.05) is 13.1 Å². The number of likely N-dealkylation sites (tertiary alicyclic amines) is 1. The number of nitrogens with zero attached hydrogens (tertiary/aromatic N) is 2. The number of aryl methyl sites for hydroxylation is 1. The monoisotopic (exact) mass is 387 g/mol. The normalized spacial score (nSPS) is 14.6. The summed E-state index contributed by atoms with van der Waals surface area (Å²) in [5, 5.41) is 3.11. The molecule has 29 heavy (non-hydrogen) atoms. The predicted molar refractivity (Wildman–Crippen MR) is 113 cm³/mol. The lowest BCUT2D eigenvalue weighted by Gasteiger charge is -2.32. The van der Waals surface area contributed by atoms with Gasteiger partial charge in [0.2, 0.25) is 0 Å². The molecule has 148 valence electrons. The van der Waals surface area contributed by atoms with Gasteiger partial charge in [0.05, 0.1) is 0 Å². The van der Waals surface area contributed by atoms with E-state index in [9.17, 15) is 9.59 Å². The number of piperidine rings is 1. The van der Waals surface area contributed by atoms with E-state index < -0.39 is 0 Å². The minimum Gasteiger partial charge on any atom is -0.349 e. The van der Waals surface area contributed by atoms with Gasteiger partial charge in [-0.2, -0.15) is 0 Å². The molecule has 1 aliphatic rings. The SMILES string of the molecule is Cc1ccc(C(=O)N2CCC(NC(=O)c3ccc(-n4cccc4)cc3)CC2)cc1. The Kier molecular flexibility index (Phi) is 5.47. The van der Waals surface area contributed by atoms with E-state index in [2.05, 4.69) is 5.32 Å². The van der Waals surface area contributed by atoms with Crippen molar-refractivity contribution in [2.45, 2.75) is 25.8 Å². The molecule has 1 aromatic heterocycles. The summed E-state index contributed by atoms with van der Waals surface area (Å²) >= 11 is 0. The van der Waals surface area contributed by atoms with Gasteiger partial charge in [0, 0.05) is 48.3 Å². The quantitative estimate of drug-likeness (QED) is 0.740. The molecule has 2 heterocycles. The van der Waals surface area contributed by atoms with E-state index in [0.29, 0.717) is 18.7 Å². The lowest BCUT2D eigenvalue weighted by Crippen LogP contribution is -2.46. The zero-order chi connectivity index (χ0) is 20.2. The van der Waals surface area contributed by atoms with Gasteiger partial charge < -0.3 is 14.8 Å². The molecule has 3 aromatic rings. The van der Waals surface area contributed by atoms with Crippen molar-refractivity contribution in [1.82, 2.24) is 14.8 Å². The van der Waals surface area contributed by atoms with E-state index in [1.807, 2.05) is 89.4 Å². The molecule has 0 atom stereocenters. The summed E-state index contributed by atoms with van der Waals surface area (Å²) < 4.78 is 2.00. The van der Waals surface area contributed by atoms with Crippen LogP contribution in [-0.2, 0) is 0 Å². The van der Waals surface area contributed by atoms with Gasteiger partial charge in [-0.25, -0.2) is 0 Å². The first-order valence-corrected chi connectivity index (χ1v) is 10.0. The Morgan fingerprint density at radius 1 is 0.862 bits per heavy atom. The number of aromatic nitrogens is 1. The Hall–Kier alpha value is -3.34. The fraction of sp³-hybridized carbons (Fsp3) is 0.250. The van der Waals surface area contributed by atoms with Crippen molar-refractivity contribution in [2.24, 2.45) is 0 Å². The highest BCUT2D eigenvalue weighted by Gasteiger charge is 2.24. The molecule has 4 rings (SSSR count). The Labute approximate surface area is 171 Å². The molecule has 1 aliphatic heterocycles. The Morgan fingerprint density at radius 2 is 1.45 bits per heavy atom. The minimum atomic E-state index is -0.0626. The third-order valence-electron chi connectivity index (χ3n) is 5.45. The van der Waals surface area contributed by atoms with Crippen LogP contribution in [0, 0.1) is 6.92 Å². The standard InChI is InChI=1S/C24H25N3O2/c1-18-4-6-20(7-5-18)24(29)27-16-12-21(13-17-27)25-23(28)19-8-10-22(11-9-19)26-14-2-3-15-26/h2-11,14-15,21H,12-13,16-17H2,1H3,(H,25,28). The average Bonchev–Trinajstić information content (AvgIpc) is 3.29. The molecule has 0 radical (unpaired) electrons. The van der Waals surface area contributed by atoms with E-state index in [1.165, 1.54) is 0 Å². The lowest BCUT2D eigenvalue weighted by molar-refractivity contribution is 0.0698. The fourth-order valence-corrected chi connectivity index (χ4v) is 3.67. The molecule has 5 nitrogen and oxygen atoms in total. The van der Waals surface area contributed by atoms with E-state index in [1.54, 1.807) is 0 Å². The summed E-state index contributed by atoms with van der Waals surface area (Å²) in [7, 11) is 0. The molecular weight excluding hydrogens is 362 g/mol. The van der Waals surface area contributed by atoms with Crippen LogP contribution >= 0.6 is 0 Å². The third kappa shape index (κ3) is 4.40. The van der Waals surface area contributed by atoms with E-state index in [0.717, 1.165) is 29.7 Å². The summed E-state index contributed by atoms with van der Waals surface area (Å²) in [6.45, 7) is 3.32. The van der Waals surface area contributed by atoms with Crippen LogP contribution in [0.3, 0.4) is 0 Å². The fourth-order valence-electron chi connectivity index (χ4n) is 3.67. The van der Waals surface area contributed by atoms with Crippen LogP contribution in [0.4, 0.5) is 0 Å². The first-order chi connectivity index (χ1) is 14.1. The zero-order valence-electron chi connectivity index (χ0n) is 16.5. The van der Waals surface area contributed by atoms with Crippen LogP contribution < -0.4 is 5.32 Å². The smallest absolute Gasteiger partial charge is 0.253 e. The maximum atomic E-state index is 12.6. The lowest BCUT2D eigenvalue weighted by atomic mass is 10.0. The molecule has 0 spiro atoms. The summed E-state index contributed by atoms with van der Waals surface area (Å²) in [6, 6.07) is 19.3. The van der Waals surface area contributed by atoms with Gasteiger partial charge in [-0.1, -0.05) is 17.7 Å². The highest BCUT2D eigenvalue weighted by atomic mass is 16.2. The van der Waals surface area contributed by atoms with Crippen molar-refractivity contribution in [3.8, 4) is 5.69 Å². The number of carbonyl (C=O) groups excluding carboxylic acids is 2. The van der Waals surface area contributed by atoms with Gasteiger partial charge in [0.1, 0.15) is 0 Å². The van der Waals surface area contributed by atoms with Crippen molar-refractivity contribution >= 4 is 11.8 Å². The third-order valence-corrected chi connectivity index (χ3v) is 5.45. The summed E-state index contributed by atoms with van der Waals surface area (Å²) in [6.07, 6.45) is 5.48. The van der Waals surface area contributed by atoms with Gasteiger partial charge in [-0.3, -0.25) is 9.59 Å². The Bertz CT molecular complexity index is 968. The van der Waals surface area contributed by atoms with E-state index >= 15 is 0 Å². The number of hydrogen-bond donors (Lipinski definition) is 1. The second kappa shape index (κ2) is 8.35. The number of hydrogen-bond acceptors (Lipinski definition) is 2. The van der Waals surface area contributed by atoms with Gasteiger partial charge in [0.25, 0.3) is 11.8 Å². The van der Waals surface area contributed by atoms with Gasteiger partial charge in [0.15, 0.2) is 0 Å². The molecule has 0 aliphatic carbocycles. The first kappa shape index (κ1) is 19.0. The van der Waals surface area contributed by atoms with Crippen LogP contribution in [0.1, 0.15) is 39.1 Å². The molecule has 0 bridgehead atoms. The number of benzene rings is 2. The predicted octanol–water partition coefficient (Wildman–Crippen LogP) is 3.82. The molecule has 1 fully saturated rings. The van der Waals surface area contributed by atoms with Crippen LogP contribution in [0.2, 0.25) is 0 Å². The van der Waals surface area contributed by atoms with Crippen LogP contribution in [0.25, 0.3) is 5.69 Å². The number of amides is 2. The second-order valence-corrected chi connectivity index (χ2v) is 7.54. The number of nitrogens with one attached hydrogen (secondary N) is 1. The first-order valence-electron chi connectivity index (χ1n) is 10.0. The van der Waals surface area contributed by atoms with Crippen molar-refractivity contribution in [3.63, 3.8) is 0 Å². The summed E-state index contributed by atoms with van der Waals surface area (Å²) in [5.41, 5.74) is 3.54. The molecule has 2 amide bonds. The molecule has 5 heteroatoms. The topological polar surface area (TPSA) is 54.3 Å². The summed E-state index contributed by atoms with van der Waals surface area (Å²) in [4.78, 5) is 27.1. The molecular formula is C24H25N3O2. The average molecular weight is 387 g/mol. The largest absolute Gasteiger partial charge is 0.349 e. The Balaban J connectivity index is 1.30. The number of carbonyl (C=O) groups is 2. The maximum absolute atomic E-state index is 12.6. The van der Waals surface area contributed by atoms with Gasteiger partial charge in [-0.15, -0.1) is 0 Å². The van der Waals surface area contributed by atoms with Crippen molar-refractivity contribution < 1.29 is 9.59 Å².